The number of benzene rings is 2. The zero-order valence-corrected chi connectivity index (χ0v) is 15.7. The zero-order valence-electron chi connectivity index (χ0n) is 14.9. The van der Waals surface area contributed by atoms with Gasteiger partial charge in [-0.15, -0.1) is 12.4 Å². The van der Waals surface area contributed by atoms with E-state index < -0.39 is 0 Å². The number of nitrogens with two attached hydrogens (primary N) is 1. The number of nitrogen functional groups attached to an aromatic ring is 1. The molecule has 0 saturated carbocycles. The van der Waals surface area contributed by atoms with E-state index in [0.29, 0.717) is 24.3 Å². The number of carbonyl (C=O) groups is 1. The third kappa shape index (κ3) is 4.90. The molecule has 1 aliphatic rings. The zero-order chi connectivity index (χ0) is 17.6. The van der Waals surface area contributed by atoms with Gasteiger partial charge in [-0.05, 0) is 37.1 Å². The summed E-state index contributed by atoms with van der Waals surface area (Å²) in [6.07, 6.45) is 2.10. The first-order valence-corrected chi connectivity index (χ1v) is 8.55. The summed E-state index contributed by atoms with van der Waals surface area (Å²) in [7, 11) is 1.64. The lowest BCUT2D eigenvalue weighted by Gasteiger charge is -2.26. The summed E-state index contributed by atoms with van der Waals surface area (Å²) >= 11 is 0. The largest absolute Gasteiger partial charge is 0.496 e. The summed E-state index contributed by atoms with van der Waals surface area (Å²) in [6, 6.07) is 14.9. The number of ether oxygens (including phenoxy) is 2. The SMILES string of the molecule is COc1ccccc1CN(CC1CCCO1)C(=O)c1cccc(N)c1.Cl. The molecule has 6 heteroatoms. The van der Waals surface area contributed by atoms with Gasteiger partial charge in [0, 0.05) is 36.5 Å². The molecule has 1 unspecified atom stereocenters. The quantitative estimate of drug-likeness (QED) is 0.783. The summed E-state index contributed by atoms with van der Waals surface area (Å²) in [5.74, 6) is 0.730. The summed E-state index contributed by atoms with van der Waals surface area (Å²) in [5, 5.41) is 0. The molecule has 140 valence electrons. The third-order valence-corrected chi connectivity index (χ3v) is 4.42. The first-order valence-electron chi connectivity index (χ1n) is 8.55. The lowest BCUT2D eigenvalue weighted by atomic mass is 10.1. The van der Waals surface area contributed by atoms with Crippen molar-refractivity contribution in [1.29, 1.82) is 0 Å². The van der Waals surface area contributed by atoms with Crippen molar-refractivity contribution >= 4 is 24.0 Å². The maximum atomic E-state index is 13.1. The van der Waals surface area contributed by atoms with E-state index in [4.69, 9.17) is 15.2 Å². The number of para-hydroxylation sites is 1. The Morgan fingerprint density at radius 3 is 2.77 bits per heavy atom. The number of hydrogen-bond donors (Lipinski definition) is 1. The van der Waals surface area contributed by atoms with Gasteiger partial charge in [0.15, 0.2) is 0 Å². The first kappa shape index (κ1) is 20.1. The number of halogens is 1. The Morgan fingerprint density at radius 1 is 1.27 bits per heavy atom. The van der Waals surface area contributed by atoms with Gasteiger partial charge in [0.2, 0.25) is 0 Å². The van der Waals surface area contributed by atoms with Crippen LogP contribution < -0.4 is 10.5 Å². The smallest absolute Gasteiger partial charge is 0.254 e. The average molecular weight is 377 g/mol. The van der Waals surface area contributed by atoms with E-state index in [0.717, 1.165) is 30.8 Å². The van der Waals surface area contributed by atoms with Crippen molar-refractivity contribution in [3.8, 4) is 5.75 Å². The predicted molar refractivity (Wildman–Crippen MR) is 105 cm³/mol. The molecular weight excluding hydrogens is 352 g/mol. The van der Waals surface area contributed by atoms with E-state index >= 15 is 0 Å². The number of anilines is 1. The molecule has 1 fully saturated rings. The lowest BCUT2D eigenvalue weighted by Crippen LogP contribution is -2.37. The molecule has 26 heavy (non-hydrogen) atoms. The second-order valence-corrected chi connectivity index (χ2v) is 6.26. The highest BCUT2D eigenvalue weighted by molar-refractivity contribution is 5.95. The van der Waals surface area contributed by atoms with Crippen molar-refractivity contribution in [3.05, 3.63) is 59.7 Å². The van der Waals surface area contributed by atoms with Crippen molar-refractivity contribution in [2.45, 2.75) is 25.5 Å². The topological polar surface area (TPSA) is 64.8 Å². The van der Waals surface area contributed by atoms with Crippen LogP contribution in [0.3, 0.4) is 0 Å². The number of methoxy groups -OCH3 is 1. The summed E-state index contributed by atoms with van der Waals surface area (Å²) in [4.78, 5) is 14.9. The summed E-state index contributed by atoms with van der Waals surface area (Å²) < 4.78 is 11.2. The number of hydrogen-bond acceptors (Lipinski definition) is 4. The normalized spacial score (nSPS) is 16.0. The highest BCUT2D eigenvalue weighted by Gasteiger charge is 2.24. The fourth-order valence-electron chi connectivity index (χ4n) is 3.15. The van der Waals surface area contributed by atoms with Crippen LogP contribution in [0.25, 0.3) is 0 Å². The van der Waals surface area contributed by atoms with Gasteiger partial charge in [0.05, 0.1) is 13.2 Å². The van der Waals surface area contributed by atoms with Crippen LogP contribution in [0.5, 0.6) is 5.75 Å². The van der Waals surface area contributed by atoms with Crippen LogP contribution in [-0.2, 0) is 11.3 Å². The second-order valence-electron chi connectivity index (χ2n) is 6.26. The monoisotopic (exact) mass is 376 g/mol. The molecule has 5 nitrogen and oxygen atoms in total. The van der Waals surface area contributed by atoms with Crippen LogP contribution in [0.2, 0.25) is 0 Å². The average Bonchev–Trinajstić information content (AvgIpc) is 3.14. The fourth-order valence-corrected chi connectivity index (χ4v) is 3.15. The molecule has 0 radical (unpaired) electrons. The molecule has 3 rings (SSSR count). The number of rotatable bonds is 6. The molecule has 0 spiro atoms. The van der Waals surface area contributed by atoms with Gasteiger partial charge < -0.3 is 20.1 Å². The molecule has 0 aliphatic carbocycles. The van der Waals surface area contributed by atoms with Crippen molar-refractivity contribution < 1.29 is 14.3 Å². The highest BCUT2D eigenvalue weighted by Crippen LogP contribution is 2.23. The van der Waals surface area contributed by atoms with Gasteiger partial charge in [0.25, 0.3) is 5.91 Å². The van der Waals surface area contributed by atoms with Crippen molar-refractivity contribution in [2.24, 2.45) is 0 Å². The van der Waals surface area contributed by atoms with E-state index in [1.807, 2.05) is 29.2 Å². The Bertz CT molecular complexity index is 733. The van der Waals surface area contributed by atoms with Gasteiger partial charge >= 0.3 is 0 Å². The standard InChI is InChI=1S/C20H24N2O3.ClH/c1-24-19-10-3-2-6-16(19)13-22(14-18-9-5-11-25-18)20(23)15-7-4-8-17(21)12-15;/h2-4,6-8,10,12,18H,5,9,11,13-14,21H2,1H3;1H. The minimum atomic E-state index is -0.0475. The van der Waals surface area contributed by atoms with Crippen LogP contribution >= 0.6 is 12.4 Å². The van der Waals surface area contributed by atoms with Crippen molar-refractivity contribution in [3.63, 3.8) is 0 Å². The second kappa shape index (κ2) is 9.46. The maximum Gasteiger partial charge on any atom is 0.254 e. The molecule has 0 bridgehead atoms. The molecular formula is C20H25ClN2O3. The molecule has 2 aromatic rings. The Labute approximate surface area is 160 Å². The molecule has 2 aromatic carbocycles. The Balaban J connectivity index is 0.00000243. The van der Waals surface area contributed by atoms with Crippen LogP contribution in [0.4, 0.5) is 5.69 Å². The Kier molecular flexibility index (Phi) is 7.30. The van der Waals surface area contributed by atoms with Gasteiger partial charge in [-0.1, -0.05) is 24.3 Å². The van der Waals surface area contributed by atoms with E-state index in [-0.39, 0.29) is 24.4 Å². The Hall–Kier alpha value is -2.24. The summed E-state index contributed by atoms with van der Waals surface area (Å²) in [6.45, 7) is 1.79. The van der Waals surface area contributed by atoms with E-state index in [9.17, 15) is 4.79 Å². The third-order valence-electron chi connectivity index (χ3n) is 4.42. The van der Waals surface area contributed by atoms with Crippen LogP contribution in [0.1, 0.15) is 28.8 Å². The molecule has 1 atom stereocenters. The summed E-state index contributed by atoms with van der Waals surface area (Å²) in [5.41, 5.74) is 7.99. The molecule has 1 amide bonds. The Morgan fingerprint density at radius 2 is 2.08 bits per heavy atom. The number of carbonyl (C=O) groups excluding carboxylic acids is 1. The first-order chi connectivity index (χ1) is 12.2. The highest BCUT2D eigenvalue weighted by atomic mass is 35.5. The van der Waals surface area contributed by atoms with Crippen LogP contribution in [0, 0.1) is 0 Å². The van der Waals surface area contributed by atoms with Gasteiger partial charge in [-0.3, -0.25) is 4.79 Å². The number of nitrogens with zero attached hydrogens (tertiary/aromatic N) is 1. The van der Waals surface area contributed by atoms with E-state index in [1.165, 1.54) is 0 Å². The van der Waals surface area contributed by atoms with Gasteiger partial charge in [-0.25, -0.2) is 0 Å². The fraction of sp³-hybridized carbons (Fsp3) is 0.350. The molecule has 1 saturated heterocycles. The van der Waals surface area contributed by atoms with Gasteiger partial charge in [-0.2, -0.15) is 0 Å². The minimum Gasteiger partial charge on any atom is -0.496 e. The minimum absolute atomic E-state index is 0. The maximum absolute atomic E-state index is 13.1. The van der Waals surface area contributed by atoms with E-state index in [1.54, 1.807) is 31.4 Å². The molecule has 2 N–H and O–H groups in total. The van der Waals surface area contributed by atoms with Crippen molar-refractivity contribution in [1.82, 2.24) is 4.90 Å². The molecule has 1 aliphatic heterocycles. The predicted octanol–water partition coefficient (Wildman–Crippen LogP) is 3.52. The molecule has 0 aromatic heterocycles. The number of amides is 1. The van der Waals surface area contributed by atoms with Crippen molar-refractivity contribution in [2.75, 3.05) is 26.0 Å². The lowest BCUT2D eigenvalue weighted by molar-refractivity contribution is 0.0506. The van der Waals surface area contributed by atoms with Crippen LogP contribution in [-0.4, -0.2) is 37.2 Å². The molecule has 1 heterocycles. The van der Waals surface area contributed by atoms with E-state index in [2.05, 4.69) is 0 Å². The van der Waals surface area contributed by atoms with Gasteiger partial charge in [0.1, 0.15) is 5.75 Å². The van der Waals surface area contributed by atoms with Crippen LogP contribution in [0.15, 0.2) is 48.5 Å².